The first-order valence-corrected chi connectivity index (χ1v) is 5.72. The van der Waals surface area contributed by atoms with E-state index in [-0.39, 0.29) is 5.91 Å². The van der Waals surface area contributed by atoms with Gasteiger partial charge in [-0.2, -0.15) is 5.26 Å². The molecule has 17 heavy (non-hydrogen) atoms. The minimum atomic E-state index is -0.941. The summed E-state index contributed by atoms with van der Waals surface area (Å²) in [5.74, 6) is -0.252. The van der Waals surface area contributed by atoms with E-state index in [1.165, 1.54) is 0 Å². The number of hydrogen-bond donors (Lipinski definition) is 1. The fourth-order valence-electron chi connectivity index (χ4n) is 1.65. The number of carbonyl (C=O) groups is 1. The summed E-state index contributed by atoms with van der Waals surface area (Å²) >= 11 is 0. The van der Waals surface area contributed by atoms with Gasteiger partial charge in [-0.1, -0.05) is 13.8 Å². The van der Waals surface area contributed by atoms with Crippen molar-refractivity contribution in [1.82, 2.24) is 4.98 Å². The molecule has 1 aromatic rings. The van der Waals surface area contributed by atoms with Crippen LogP contribution in [0.4, 0.5) is 5.69 Å². The summed E-state index contributed by atoms with van der Waals surface area (Å²) in [6, 6.07) is 3.95. The average Bonchev–Trinajstić information content (AvgIpc) is 2.32. The third-order valence-corrected chi connectivity index (χ3v) is 2.99. The lowest BCUT2D eigenvalue weighted by atomic mass is 9.83. The van der Waals surface area contributed by atoms with E-state index in [1.807, 2.05) is 26.8 Å². The molecule has 0 atom stereocenters. The normalized spacial score (nSPS) is 10.7. The first-order valence-electron chi connectivity index (χ1n) is 5.72. The first-order chi connectivity index (χ1) is 8.07. The molecule has 0 unspecified atom stereocenters. The highest BCUT2D eigenvalue weighted by atomic mass is 16.2. The molecule has 0 aliphatic rings. The molecule has 0 aliphatic carbocycles. The number of nitrogens with zero attached hydrogens (tertiary/aromatic N) is 2. The average molecular weight is 231 g/mol. The summed E-state index contributed by atoms with van der Waals surface area (Å²) < 4.78 is 0. The topological polar surface area (TPSA) is 65.8 Å². The second-order valence-corrected chi connectivity index (χ2v) is 4.11. The zero-order chi connectivity index (χ0) is 12.9. The van der Waals surface area contributed by atoms with Crippen LogP contribution in [-0.2, 0) is 4.79 Å². The number of pyridine rings is 1. The fourth-order valence-corrected chi connectivity index (χ4v) is 1.65. The van der Waals surface area contributed by atoms with Crippen LogP contribution in [0.5, 0.6) is 0 Å². The molecule has 1 rings (SSSR count). The molecule has 0 spiro atoms. The Hall–Kier alpha value is -1.89. The van der Waals surface area contributed by atoms with Crippen LogP contribution in [0.1, 0.15) is 32.3 Å². The molecule has 0 aliphatic heterocycles. The number of carbonyl (C=O) groups excluding carboxylic acids is 1. The van der Waals surface area contributed by atoms with Gasteiger partial charge in [0.2, 0.25) is 5.91 Å². The third kappa shape index (κ3) is 2.82. The Morgan fingerprint density at radius 1 is 1.47 bits per heavy atom. The van der Waals surface area contributed by atoms with Crippen LogP contribution in [0.3, 0.4) is 0 Å². The van der Waals surface area contributed by atoms with Gasteiger partial charge >= 0.3 is 0 Å². The van der Waals surface area contributed by atoms with E-state index in [9.17, 15) is 4.79 Å². The highest BCUT2D eigenvalue weighted by Gasteiger charge is 2.34. The zero-order valence-corrected chi connectivity index (χ0v) is 10.4. The minimum Gasteiger partial charge on any atom is -0.323 e. The van der Waals surface area contributed by atoms with Crippen molar-refractivity contribution in [3.05, 3.63) is 24.0 Å². The van der Waals surface area contributed by atoms with Gasteiger partial charge in [0, 0.05) is 6.20 Å². The summed E-state index contributed by atoms with van der Waals surface area (Å²) in [6.07, 6.45) is 4.31. The summed E-state index contributed by atoms with van der Waals surface area (Å²) in [5, 5.41) is 11.9. The summed E-state index contributed by atoms with van der Waals surface area (Å²) in [4.78, 5) is 16.1. The molecule has 1 amide bonds. The van der Waals surface area contributed by atoms with Crippen molar-refractivity contribution in [1.29, 1.82) is 5.26 Å². The molecule has 0 fully saturated rings. The lowest BCUT2D eigenvalue weighted by Gasteiger charge is -2.22. The Balaban J connectivity index is 2.89. The van der Waals surface area contributed by atoms with Gasteiger partial charge in [-0.3, -0.25) is 9.78 Å². The quantitative estimate of drug-likeness (QED) is 0.866. The van der Waals surface area contributed by atoms with Crippen LogP contribution in [0.25, 0.3) is 0 Å². The highest BCUT2D eigenvalue weighted by molar-refractivity contribution is 5.97. The number of anilines is 1. The van der Waals surface area contributed by atoms with Crippen molar-refractivity contribution in [3.8, 4) is 6.07 Å². The highest BCUT2D eigenvalue weighted by Crippen LogP contribution is 2.27. The van der Waals surface area contributed by atoms with Gasteiger partial charge in [0.25, 0.3) is 0 Å². The molecule has 0 saturated carbocycles. The third-order valence-electron chi connectivity index (χ3n) is 2.99. The van der Waals surface area contributed by atoms with Crippen LogP contribution in [0.2, 0.25) is 0 Å². The Kier molecular flexibility index (Phi) is 4.22. The van der Waals surface area contributed by atoms with E-state index < -0.39 is 5.41 Å². The van der Waals surface area contributed by atoms with Crippen LogP contribution in [0, 0.1) is 23.7 Å². The lowest BCUT2D eigenvalue weighted by Crippen LogP contribution is -2.33. The summed E-state index contributed by atoms with van der Waals surface area (Å²) in [5.41, 5.74) is 0.666. The van der Waals surface area contributed by atoms with Crippen molar-refractivity contribution in [2.45, 2.75) is 33.6 Å². The maximum Gasteiger partial charge on any atom is 0.244 e. The van der Waals surface area contributed by atoms with E-state index in [2.05, 4.69) is 16.4 Å². The van der Waals surface area contributed by atoms with Crippen LogP contribution in [-0.4, -0.2) is 10.9 Å². The molecule has 4 heteroatoms. The predicted octanol–water partition coefficient (Wildman–Crippen LogP) is 2.66. The largest absolute Gasteiger partial charge is 0.323 e. The zero-order valence-electron chi connectivity index (χ0n) is 10.4. The monoisotopic (exact) mass is 231 g/mol. The molecule has 90 valence electrons. The number of hydrogen-bond acceptors (Lipinski definition) is 3. The van der Waals surface area contributed by atoms with Gasteiger partial charge in [0.05, 0.1) is 18.0 Å². The van der Waals surface area contributed by atoms with Crippen molar-refractivity contribution in [2.24, 2.45) is 5.41 Å². The number of nitrogens with one attached hydrogen (secondary N) is 1. The van der Waals surface area contributed by atoms with Gasteiger partial charge in [0.15, 0.2) is 0 Å². The van der Waals surface area contributed by atoms with Gasteiger partial charge in [-0.05, 0) is 31.4 Å². The van der Waals surface area contributed by atoms with E-state index in [4.69, 9.17) is 5.26 Å². The van der Waals surface area contributed by atoms with Crippen molar-refractivity contribution in [3.63, 3.8) is 0 Å². The number of aryl methyl sites for hydroxylation is 1. The Labute approximate surface area is 102 Å². The van der Waals surface area contributed by atoms with Crippen molar-refractivity contribution >= 4 is 11.6 Å². The molecule has 1 N–H and O–H groups in total. The van der Waals surface area contributed by atoms with Gasteiger partial charge < -0.3 is 5.32 Å². The molecular formula is C13H17N3O. The molecular weight excluding hydrogens is 214 g/mol. The second-order valence-electron chi connectivity index (χ2n) is 4.11. The molecule has 0 saturated heterocycles. The molecule has 1 aromatic heterocycles. The van der Waals surface area contributed by atoms with Gasteiger partial charge in [-0.15, -0.1) is 0 Å². The van der Waals surface area contributed by atoms with Crippen LogP contribution in [0.15, 0.2) is 18.5 Å². The first kappa shape index (κ1) is 13.2. The second kappa shape index (κ2) is 5.44. The van der Waals surface area contributed by atoms with Crippen LogP contribution >= 0.6 is 0 Å². The van der Waals surface area contributed by atoms with E-state index in [1.54, 1.807) is 12.4 Å². The van der Waals surface area contributed by atoms with Crippen LogP contribution < -0.4 is 5.32 Å². The van der Waals surface area contributed by atoms with Crippen molar-refractivity contribution in [2.75, 3.05) is 5.32 Å². The molecule has 0 aromatic carbocycles. The molecule has 0 radical (unpaired) electrons. The molecule has 1 heterocycles. The molecule has 0 bridgehead atoms. The number of nitriles is 1. The van der Waals surface area contributed by atoms with Crippen molar-refractivity contribution < 1.29 is 4.79 Å². The minimum absolute atomic E-state index is 0.252. The SMILES string of the molecule is CCC(C#N)(CC)C(=O)Nc1cncc(C)c1. The summed E-state index contributed by atoms with van der Waals surface area (Å²) in [7, 11) is 0. The van der Waals surface area contributed by atoms with E-state index in [0.29, 0.717) is 18.5 Å². The summed E-state index contributed by atoms with van der Waals surface area (Å²) in [6.45, 7) is 5.60. The Morgan fingerprint density at radius 2 is 2.12 bits per heavy atom. The lowest BCUT2D eigenvalue weighted by molar-refractivity contribution is -0.123. The van der Waals surface area contributed by atoms with E-state index in [0.717, 1.165) is 5.56 Å². The Morgan fingerprint density at radius 3 is 2.59 bits per heavy atom. The number of rotatable bonds is 4. The molecule has 4 nitrogen and oxygen atoms in total. The van der Waals surface area contributed by atoms with E-state index >= 15 is 0 Å². The maximum absolute atomic E-state index is 12.1. The predicted molar refractivity (Wildman–Crippen MR) is 66.2 cm³/mol. The number of amides is 1. The van der Waals surface area contributed by atoms with Gasteiger partial charge in [0.1, 0.15) is 5.41 Å². The smallest absolute Gasteiger partial charge is 0.244 e. The van der Waals surface area contributed by atoms with Gasteiger partial charge in [-0.25, -0.2) is 0 Å². The maximum atomic E-state index is 12.1. The standard InChI is InChI=1S/C13H17N3O/c1-4-13(5-2,9-14)12(17)16-11-6-10(3)7-15-8-11/h6-8H,4-5H2,1-3H3,(H,16,17). The Bertz CT molecular complexity index is 444. The fraction of sp³-hybridized carbons (Fsp3) is 0.462. The number of aromatic nitrogens is 1.